The van der Waals surface area contributed by atoms with Gasteiger partial charge in [-0.05, 0) is 59.5 Å². The Bertz CT molecular complexity index is 1110. The zero-order chi connectivity index (χ0) is 21.8. The van der Waals surface area contributed by atoms with E-state index in [4.69, 9.17) is 15.7 Å². The van der Waals surface area contributed by atoms with Crippen molar-refractivity contribution < 1.29 is 19.8 Å². The molecule has 1 heterocycles. The Kier molecular flexibility index (Phi) is 6.04. The smallest absolute Gasteiger partial charge is 0.311 e. The highest BCUT2D eigenvalue weighted by molar-refractivity contribution is 6.00. The summed E-state index contributed by atoms with van der Waals surface area (Å²) < 4.78 is 5.93. The normalized spacial score (nSPS) is 17.5. The molecule has 0 spiro atoms. The summed E-state index contributed by atoms with van der Waals surface area (Å²) in [6.07, 6.45) is 1.48. The minimum atomic E-state index is -0.876. The number of hydrogen-bond donors (Lipinski definition) is 4. The molecule has 0 amide bonds. The van der Waals surface area contributed by atoms with Gasteiger partial charge in [-0.1, -0.05) is 47.6 Å². The van der Waals surface area contributed by atoms with Crippen LogP contribution >= 0.6 is 0 Å². The van der Waals surface area contributed by atoms with Crippen molar-refractivity contribution in [2.45, 2.75) is 24.9 Å². The maximum absolute atomic E-state index is 12.0. The van der Waals surface area contributed by atoms with Crippen LogP contribution < -0.4 is 15.8 Å². The van der Waals surface area contributed by atoms with E-state index in [2.05, 4.69) is 10.5 Å². The molecule has 0 aliphatic carbocycles. The van der Waals surface area contributed by atoms with Gasteiger partial charge < -0.3 is 26.1 Å². The number of hydrogen-bond acceptors (Lipinski definition) is 5. The number of amidine groups is 1. The van der Waals surface area contributed by atoms with Gasteiger partial charge in [0, 0.05) is 12.1 Å². The van der Waals surface area contributed by atoms with Crippen molar-refractivity contribution in [1.29, 1.82) is 0 Å². The van der Waals surface area contributed by atoms with Gasteiger partial charge in [0.05, 0.1) is 5.92 Å². The second kappa shape index (κ2) is 9.06. The molecule has 0 aromatic heterocycles. The van der Waals surface area contributed by atoms with Gasteiger partial charge in [-0.3, -0.25) is 4.79 Å². The molecule has 3 aromatic carbocycles. The number of rotatable bonds is 7. The predicted octanol–water partition coefficient (Wildman–Crippen LogP) is 3.09. The summed E-state index contributed by atoms with van der Waals surface area (Å²) in [7, 11) is 0. The van der Waals surface area contributed by atoms with E-state index >= 15 is 0 Å². The van der Waals surface area contributed by atoms with E-state index in [9.17, 15) is 9.90 Å². The summed E-state index contributed by atoms with van der Waals surface area (Å²) in [6.45, 7) is 1.79. The van der Waals surface area contributed by atoms with Gasteiger partial charge in [-0.2, -0.15) is 0 Å². The molecule has 0 bridgehead atoms. The van der Waals surface area contributed by atoms with Crippen molar-refractivity contribution in [3.05, 3.63) is 77.4 Å². The first-order valence-electron chi connectivity index (χ1n) is 10.2. The Morgan fingerprint density at radius 3 is 2.58 bits per heavy atom. The number of carboxylic acids is 1. The molecule has 1 aliphatic rings. The summed E-state index contributed by atoms with van der Waals surface area (Å²) in [5, 5.41) is 27.0. The molecule has 1 fully saturated rings. The van der Waals surface area contributed by atoms with Crippen LogP contribution in [-0.4, -0.2) is 41.3 Å². The quantitative estimate of drug-likeness (QED) is 0.202. The number of fused-ring (bicyclic) bond motifs is 1. The van der Waals surface area contributed by atoms with Crippen molar-refractivity contribution in [3.8, 4) is 5.75 Å². The number of carbonyl (C=O) groups is 1. The van der Waals surface area contributed by atoms with Gasteiger partial charge >= 0.3 is 5.97 Å². The molecule has 31 heavy (non-hydrogen) atoms. The highest BCUT2D eigenvalue weighted by Crippen LogP contribution is 2.27. The minimum absolute atomic E-state index is 0.0337. The van der Waals surface area contributed by atoms with Crippen LogP contribution in [-0.2, 0) is 11.2 Å². The second-order valence-corrected chi connectivity index (χ2v) is 7.78. The van der Waals surface area contributed by atoms with Crippen LogP contribution in [0.4, 0.5) is 0 Å². The SMILES string of the molecule is NC(=NO)c1ccc2ccc(CC(C(=O)O)c3ccc(O[C@H]4CCNC4)cc3)cc2c1. The topological polar surface area (TPSA) is 117 Å². The molecule has 160 valence electrons. The molecule has 4 rings (SSSR count). The highest BCUT2D eigenvalue weighted by Gasteiger charge is 2.21. The van der Waals surface area contributed by atoms with Gasteiger partial charge in [0.1, 0.15) is 11.9 Å². The number of oxime groups is 1. The lowest BCUT2D eigenvalue weighted by Gasteiger charge is -2.16. The van der Waals surface area contributed by atoms with E-state index in [1.807, 2.05) is 54.6 Å². The molecule has 3 aromatic rings. The number of ether oxygens (including phenoxy) is 1. The molecular formula is C24H25N3O4. The Hall–Kier alpha value is -3.58. The summed E-state index contributed by atoms with van der Waals surface area (Å²) in [5.41, 5.74) is 7.93. The van der Waals surface area contributed by atoms with Crippen LogP contribution in [0.2, 0.25) is 0 Å². The van der Waals surface area contributed by atoms with Crippen LogP contribution in [0.15, 0.2) is 65.8 Å². The molecular weight excluding hydrogens is 394 g/mol. The van der Waals surface area contributed by atoms with Crippen LogP contribution in [0.1, 0.15) is 29.0 Å². The van der Waals surface area contributed by atoms with Crippen LogP contribution in [0.3, 0.4) is 0 Å². The number of nitrogens with zero attached hydrogens (tertiary/aromatic N) is 1. The molecule has 0 radical (unpaired) electrons. The second-order valence-electron chi connectivity index (χ2n) is 7.78. The summed E-state index contributed by atoms with van der Waals surface area (Å²) in [6, 6.07) is 18.7. The summed E-state index contributed by atoms with van der Waals surface area (Å²) >= 11 is 0. The van der Waals surface area contributed by atoms with Crippen molar-refractivity contribution in [2.75, 3.05) is 13.1 Å². The number of nitrogens with one attached hydrogen (secondary N) is 1. The number of aliphatic carboxylic acids is 1. The fourth-order valence-electron chi connectivity index (χ4n) is 3.92. The van der Waals surface area contributed by atoms with Crippen molar-refractivity contribution >= 4 is 22.6 Å². The van der Waals surface area contributed by atoms with E-state index < -0.39 is 11.9 Å². The first kappa shape index (κ1) is 20.7. The third-order valence-electron chi connectivity index (χ3n) is 5.65. The highest BCUT2D eigenvalue weighted by atomic mass is 16.5. The molecule has 7 heteroatoms. The Morgan fingerprint density at radius 1 is 1.13 bits per heavy atom. The van der Waals surface area contributed by atoms with E-state index in [-0.39, 0.29) is 11.9 Å². The van der Waals surface area contributed by atoms with Gasteiger partial charge in [0.15, 0.2) is 5.84 Å². The molecule has 0 saturated carbocycles. The largest absolute Gasteiger partial charge is 0.489 e. The third kappa shape index (κ3) is 4.78. The number of nitrogens with two attached hydrogens (primary N) is 1. The standard InChI is InChI=1S/C24H25N3O4/c25-23(27-30)18-4-3-16-2-1-15(11-19(16)13-18)12-22(24(28)29)17-5-7-20(8-6-17)31-21-9-10-26-14-21/h1-8,11,13,21-22,26,30H,9-10,12,14H2,(H2,25,27)(H,28,29)/t21-,22?/m0/s1. The first-order chi connectivity index (χ1) is 15.0. The Morgan fingerprint density at radius 2 is 1.90 bits per heavy atom. The fraction of sp³-hybridized carbons (Fsp3) is 0.250. The number of benzene rings is 3. The minimum Gasteiger partial charge on any atom is -0.489 e. The van der Waals surface area contributed by atoms with Gasteiger partial charge in [-0.25, -0.2) is 0 Å². The van der Waals surface area contributed by atoms with Gasteiger partial charge in [-0.15, -0.1) is 0 Å². The van der Waals surface area contributed by atoms with Crippen LogP contribution in [0, 0.1) is 0 Å². The monoisotopic (exact) mass is 419 g/mol. The lowest BCUT2D eigenvalue weighted by molar-refractivity contribution is -0.138. The van der Waals surface area contributed by atoms with Crippen molar-refractivity contribution in [3.63, 3.8) is 0 Å². The molecule has 2 atom stereocenters. The average molecular weight is 419 g/mol. The Balaban J connectivity index is 1.54. The van der Waals surface area contributed by atoms with E-state index in [1.165, 1.54) is 0 Å². The van der Waals surface area contributed by atoms with Gasteiger partial charge in [0.2, 0.25) is 0 Å². The van der Waals surface area contributed by atoms with E-state index in [0.717, 1.165) is 47.2 Å². The zero-order valence-corrected chi connectivity index (χ0v) is 17.0. The van der Waals surface area contributed by atoms with Gasteiger partial charge in [0.25, 0.3) is 0 Å². The van der Waals surface area contributed by atoms with E-state index in [0.29, 0.717) is 12.0 Å². The van der Waals surface area contributed by atoms with Crippen molar-refractivity contribution in [1.82, 2.24) is 5.32 Å². The maximum atomic E-state index is 12.0. The zero-order valence-electron chi connectivity index (χ0n) is 17.0. The lowest BCUT2D eigenvalue weighted by atomic mass is 9.91. The fourth-order valence-corrected chi connectivity index (χ4v) is 3.92. The summed E-state index contributed by atoms with van der Waals surface area (Å²) in [4.78, 5) is 12.0. The number of carboxylic acid groups (broad SMARTS) is 1. The molecule has 1 aliphatic heterocycles. The first-order valence-corrected chi connectivity index (χ1v) is 10.2. The molecule has 1 saturated heterocycles. The van der Waals surface area contributed by atoms with Crippen LogP contribution in [0.5, 0.6) is 5.75 Å². The predicted molar refractivity (Wildman–Crippen MR) is 119 cm³/mol. The maximum Gasteiger partial charge on any atom is 0.311 e. The lowest BCUT2D eigenvalue weighted by Crippen LogP contribution is -2.19. The Labute approximate surface area is 180 Å². The van der Waals surface area contributed by atoms with E-state index in [1.54, 1.807) is 6.07 Å². The van der Waals surface area contributed by atoms with Crippen molar-refractivity contribution in [2.24, 2.45) is 10.9 Å². The molecule has 1 unspecified atom stereocenters. The summed E-state index contributed by atoms with van der Waals surface area (Å²) in [5.74, 6) is -0.763. The molecule has 5 N–H and O–H groups in total. The molecule has 7 nitrogen and oxygen atoms in total. The average Bonchev–Trinajstić information content (AvgIpc) is 3.30. The third-order valence-corrected chi connectivity index (χ3v) is 5.65. The van der Waals surface area contributed by atoms with Crippen LogP contribution in [0.25, 0.3) is 10.8 Å².